The average molecular weight is 204 g/mol. The lowest BCUT2D eigenvalue weighted by atomic mass is 10.3. The number of aromatic amines is 1. The van der Waals surface area contributed by atoms with Crippen LogP contribution in [-0.4, -0.2) is 14.9 Å². The van der Waals surface area contributed by atoms with E-state index in [0.717, 1.165) is 0 Å². The number of H-pyrrole nitrogens is 1. The number of imidazole rings is 1. The van der Waals surface area contributed by atoms with Crippen molar-refractivity contribution in [3.8, 4) is 0 Å². The van der Waals surface area contributed by atoms with Gasteiger partial charge in [-0.15, -0.1) is 0 Å². The maximum atomic E-state index is 10.5. The maximum absolute atomic E-state index is 10.5. The standard InChI is InChI=1S/C7H4N6O2/c8-12-11-7-9-5-2-1-4(13(14)15)3-6(5)10-7/h1-3H,(H,9,10). The Bertz CT molecular complexity index is 582. The number of hydrogen-bond acceptors (Lipinski definition) is 4. The topological polar surface area (TPSA) is 121 Å². The first-order chi connectivity index (χ1) is 7.20. The van der Waals surface area contributed by atoms with Gasteiger partial charge in [-0.1, -0.05) is 0 Å². The summed E-state index contributed by atoms with van der Waals surface area (Å²) < 4.78 is 0. The van der Waals surface area contributed by atoms with Crippen LogP contribution in [-0.2, 0) is 0 Å². The summed E-state index contributed by atoms with van der Waals surface area (Å²) in [6.45, 7) is 0. The fourth-order valence-electron chi connectivity index (χ4n) is 1.19. The highest BCUT2D eigenvalue weighted by Crippen LogP contribution is 2.21. The molecule has 15 heavy (non-hydrogen) atoms. The third-order valence-electron chi connectivity index (χ3n) is 1.80. The highest BCUT2D eigenvalue weighted by molar-refractivity contribution is 5.79. The molecule has 2 aromatic rings. The average Bonchev–Trinajstić information content (AvgIpc) is 2.59. The van der Waals surface area contributed by atoms with Crippen LogP contribution >= 0.6 is 0 Å². The van der Waals surface area contributed by atoms with Crippen LogP contribution in [0, 0.1) is 10.1 Å². The van der Waals surface area contributed by atoms with Crippen molar-refractivity contribution in [1.82, 2.24) is 9.97 Å². The van der Waals surface area contributed by atoms with Crippen molar-refractivity contribution in [3.05, 3.63) is 38.8 Å². The van der Waals surface area contributed by atoms with Crippen LogP contribution < -0.4 is 0 Å². The Morgan fingerprint density at radius 3 is 3.07 bits per heavy atom. The van der Waals surface area contributed by atoms with Crippen molar-refractivity contribution in [2.45, 2.75) is 0 Å². The summed E-state index contributed by atoms with van der Waals surface area (Å²) in [7, 11) is 0. The van der Waals surface area contributed by atoms with Crippen LogP contribution in [0.15, 0.2) is 23.3 Å². The highest BCUT2D eigenvalue weighted by Gasteiger charge is 2.08. The molecule has 0 spiro atoms. The third kappa shape index (κ3) is 1.56. The Morgan fingerprint density at radius 1 is 1.60 bits per heavy atom. The first kappa shape index (κ1) is 8.97. The summed E-state index contributed by atoms with van der Waals surface area (Å²) in [5.41, 5.74) is 9.12. The zero-order chi connectivity index (χ0) is 10.8. The smallest absolute Gasteiger partial charge is 0.271 e. The fourth-order valence-corrected chi connectivity index (χ4v) is 1.19. The van der Waals surface area contributed by atoms with Crippen molar-refractivity contribution in [2.24, 2.45) is 5.11 Å². The van der Waals surface area contributed by atoms with Gasteiger partial charge < -0.3 is 4.98 Å². The van der Waals surface area contributed by atoms with Gasteiger partial charge in [0.25, 0.3) is 5.69 Å². The Balaban J connectivity index is 2.61. The van der Waals surface area contributed by atoms with E-state index in [-0.39, 0.29) is 11.6 Å². The second-order valence-corrected chi connectivity index (χ2v) is 2.71. The minimum atomic E-state index is -0.506. The first-order valence-corrected chi connectivity index (χ1v) is 3.90. The number of nitro benzene ring substituents is 1. The van der Waals surface area contributed by atoms with Crippen molar-refractivity contribution < 1.29 is 4.92 Å². The van der Waals surface area contributed by atoms with E-state index in [1.165, 1.54) is 18.2 Å². The normalized spacial score (nSPS) is 9.87. The largest absolute Gasteiger partial charge is 0.336 e. The van der Waals surface area contributed by atoms with Crippen LogP contribution in [0.2, 0.25) is 0 Å². The molecule has 0 aliphatic heterocycles. The number of benzene rings is 1. The third-order valence-corrected chi connectivity index (χ3v) is 1.80. The Hall–Kier alpha value is -2.60. The van der Waals surface area contributed by atoms with Gasteiger partial charge in [-0.05, 0) is 16.7 Å². The predicted octanol–water partition coefficient (Wildman–Crippen LogP) is 2.41. The number of nitro groups is 1. The van der Waals surface area contributed by atoms with Crippen LogP contribution in [0.4, 0.5) is 11.6 Å². The monoisotopic (exact) mass is 204 g/mol. The number of nitrogens with one attached hydrogen (secondary N) is 1. The molecule has 0 aliphatic carbocycles. The predicted molar refractivity (Wildman–Crippen MR) is 51.6 cm³/mol. The Morgan fingerprint density at radius 2 is 2.40 bits per heavy atom. The zero-order valence-corrected chi connectivity index (χ0v) is 7.28. The molecule has 0 saturated carbocycles. The van der Waals surface area contributed by atoms with Gasteiger partial charge in [-0.25, -0.2) is 4.98 Å². The fraction of sp³-hybridized carbons (Fsp3) is 0. The number of non-ortho nitro benzene ring substituents is 1. The second kappa shape index (κ2) is 3.28. The molecule has 8 nitrogen and oxygen atoms in total. The van der Waals surface area contributed by atoms with E-state index in [0.29, 0.717) is 11.0 Å². The van der Waals surface area contributed by atoms with E-state index in [2.05, 4.69) is 20.0 Å². The lowest BCUT2D eigenvalue weighted by molar-refractivity contribution is -0.384. The summed E-state index contributed by atoms with van der Waals surface area (Å²) in [5.74, 6) is 0.0907. The van der Waals surface area contributed by atoms with Crippen molar-refractivity contribution in [3.63, 3.8) is 0 Å². The van der Waals surface area contributed by atoms with Crippen LogP contribution in [0.5, 0.6) is 0 Å². The molecule has 1 aromatic carbocycles. The van der Waals surface area contributed by atoms with Gasteiger partial charge in [0.2, 0.25) is 0 Å². The van der Waals surface area contributed by atoms with E-state index in [1.54, 1.807) is 0 Å². The van der Waals surface area contributed by atoms with Gasteiger partial charge in [0, 0.05) is 17.0 Å². The molecule has 2 rings (SSSR count). The molecule has 0 amide bonds. The van der Waals surface area contributed by atoms with Crippen LogP contribution in [0.25, 0.3) is 21.5 Å². The number of fused-ring (bicyclic) bond motifs is 1. The van der Waals surface area contributed by atoms with Crippen LogP contribution in [0.3, 0.4) is 0 Å². The SMILES string of the molecule is [N-]=[N+]=Nc1nc2ccc([N+](=O)[O-])cc2[nH]1. The Kier molecular flexibility index (Phi) is 1.96. The van der Waals surface area contributed by atoms with Gasteiger partial charge in [0.1, 0.15) is 0 Å². The highest BCUT2D eigenvalue weighted by atomic mass is 16.6. The molecule has 0 aliphatic rings. The molecule has 8 heteroatoms. The molecule has 74 valence electrons. The molecule has 0 atom stereocenters. The summed E-state index contributed by atoms with van der Waals surface area (Å²) in [6, 6.07) is 4.15. The minimum absolute atomic E-state index is 0.0429. The van der Waals surface area contributed by atoms with Crippen LogP contribution in [0.1, 0.15) is 0 Å². The molecule has 0 fully saturated rings. The summed E-state index contributed by atoms with van der Waals surface area (Å²) in [5, 5.41) is 13.7. The number of hydrogen-bond donors (Lipinski definition) is 1. The maximum Gasteiger partial charge on any atom is 0.271 e. The second-order valence-electron chi connectivity index (χ2n) is 2.71. The molecule has 1 aromatic heterocycles. The van der Waals surface area contributed by atoms with Crippen molar-refractivity contribution in [2.75, 3.05) is 0 Å². The molecule has 1 N–H and O–H groups in total. The summed E-state index contributed by atoms with van der Waals surface area (Å²) in [4.78, 5) is 19.1. The van der Waals surface area contributed by atoms with Crippen molar-refractivity contribution >= 4 is 22.7 Å². The Labute approximate surface area is 82.3 Å². The number of nitrogens with zero attached hydrogens (tertiary/aromatic N) is 5. The lowest BCUT2D eigenvalue weighted by Crippen LogP contribution is -1.86. The lowest BCUT2D eigenvalue weighted by Gasteiger charge is -1.89. The molecular formula is C7H4N6O2. The van der Waals surface area contributed by atoms with E-state index in [1.807, 2.05) is 0 Å². The van der Waals surface area contributed by atoms with E-state index in [4.69, 9.17) is 5.53 Å². The molecule has 1 heterocycles. The molecular weight excluding hydrogens is 200 g/mol. The quantitative estimate of drug-likeness (QED) is 0.265. The van der Waals surface area contributed by atoms with E-state index in [9.17, 15) is 10.1 Å². The van der Waals surface area contributed by atoms with Gasteiger partial charge in [-0.2, -0.15) is 0 Å². The van der Waals surface area contributed by atoms with Gasteiger partial charge >= 0.3 is 0 Å². The molecule has 0 bridgehead atoms. The molecule has 0 radical (unpaired) electrons. The van der Waals surface area contributed by atoms with E-state index < -0.39 is 4.92 Å². The summed E-state index contributed by atoms with van der Waals surface area (Å²) >= 11 is 0. The molecule has 0 unspecified atom stereocenters. The summed E-state index contributed by atoms with van der Waals surface area (Å²) in [6.07, 6.45) is 0. The zero-order valence-electron chi connectivity index (χ0n) is 7.28. The van der Waals surface area contributed by atoms with Gasteiger partial charge in [0.15, 0.2) is 5.95 Å². The number of rotatable bonds is 2. The van der Waals surface area contributed by atoms with E-state index >= 15 is 0 Å². The van der Waals surface area contributed by atoms with Gasteiger partial charge in [0.05, 0.1) is 16.0 Å². The number of aromatic nitrogens is 2. The first-order valence-electron chi connectivity index (χ1n) is 3.90. The van der Waals surface area contributed by atoms with Gasteiger partial charge in [-0.3, -0.25) is 10.1 Å². The van der Waals surface area contributed by atoms with Crippen molar-refractivity contribution in [1.29, 1.82) is 0 Å². The molecule has 0 saturated heterocycles. The number of azide groups is 1. The minimum Gasteiger partial charge on any atom is -0.336 e.